The second-order valence-corrected chi connectivity index (χ2v) is 7.09. The third-order valence-electron chi connectivity index (χ3n) is 5.50. The lowest BCUT2D eigenvalue weighted by atomic mass is 9.83. The third kappa shape index (κ3) is 3.94. The van der Waals surface area contributed by atoms with Gasteiger partial charge in [0.1, 0.15) is 0 Å². The second-order valence-electron chi connectivity index (χ2n) is 7.09. The lowest BCUT2D eigenvalue weighted by molar-refractivity contribution is -0.167. The van der Waals surface area contributed by atoms with Crippen LogP contribution in [0.3, 0.4) is 0 Å². The predicted octanol–water partition coefficient (Wildman–Crippen LogP) is 1.36. The number of ether oxygens (including phenoxy) is 4. The van der Waals surface area contributed by atoms with E-state index in [2.05, 4.69) is 0 Å². The quantitative estimate of drug-likeness (QED) is 0.460. The zero-order chi connectivity index (χ0) is 21.8. The number of benzene rings is 1. The standard InChI is InChI=1S/C21H28N2O7/c1-5-29-20(25)18(21(26)30-6-2)19-14(12-22-10-9-17(24)23(19)22)13-7-8-15(27-3)16(11-13)28-4/h7-8,11,14,18-19H,5-6,9-10,12H2,1-4H3/t14-,19+/m1/s1. The Morgan fingerprint density at radius 3 is 2.27 bits per heavy atom. The maximum atomic E-state index is 12.8. The summed E-state index contributed by atoms with van der Waals surface area (Å²) in [5.74, 6) is -1.95. The number of hydrogen-bond acceptors (Lipinski definition) is 8. The van der Waals surface area contributed by atoms with Crippen molar-refractivity contribution in [2.75, 3.05) is 40.5 Å². The number of esters is 2. The van der Waals surface area contributed by atoms with Gasteiger partial charge in [-0.15, -0.1) is 0 Å². The van der Waals surface area contributed by atoms with Gasteiger partial charge in [0, 0.05) is 25.4 Å². The molecule has 0 unspecified atom stereocenters. The van der Waals surface area contributed by atoms with Crippen LogP contribution in [0, 0.1) is 5.92 Å². The topological polar surface area (TPSA) is 94.6 Å². The van der Waals surface area contributed by atoms with Crippen LogP contribution in [0.2, 0.25) is 0 Å². The predicted molar refractivity (Wildman–Crippen MR) is 106 cm³/mol. The van der Waals surface area contributed by atoms with Crippen LogP contribution in [0.15, 0.2) is 18.2 Å². The summed E-state index contributed by atoms with van der Waals surface area (Å²) in [5.41, 5.74) is 0.832. The summed E-state index contributed by atoms with van der Waals surface area (Å²) in [4.78, 5) is 38.3. The molecule has 0 bridgehead atoms. The highest BCUT2D eigenvalue weighted by Crippen LogP contribution is 2.42. The molecule has 2 atom stereocenters. The molecule has 2 heterocycles. The van der Waals surface area contributed by atoms with E-state index in [1.54, 1.807) is 39.1 Å². The van der Waals surface area contributed by atoms with E-state index in [-0.39, 0.29) is 25.0 Å². The molecule has 2 fully saturated rings. The Labute approximate surface area is 175 Å². The van der Waals surface area contributed by atoms with Gasteiger partial charge in [-0.3, -0.25) is 19.4 Å². The molecule has 9 heteroatoms. The van der Waals surface area contributed by atoms with Gasteiger partial charge >= 0.3 is 11.9 Å². The molecule has 30 heavy (non-hydrogen) atoms. The van der Waals surface area contributed by atoms with E-state index in [1.165, 1.54) is 0 Å². The maximum Gasteiger partial charge on any atom is 0.322 e. The molecule has 3 rings (SSSR count). The molecule has 0 radical (unpaired) electrons. The van der Waals surface area contributed by atoms with E-state index >= 15 is 0 Å². The Hall–Kier alpha value is -2.81. The van der Waals surface area contributed by atoms with Crippen LogP contribution in [0.4, 0.5) is 0 Å². The molecule has 1 aromatic carbocycles. The van der Waals surface area contributed by atoms with Gasteiger partial charge in [-0.1, -0.05) is 6.07 Å². The smallest absolute Gasteiger partial charge is 0.322 e. The van der Waals surface area contributed by atoms with Crippen molar-refractivity contribution in [2.24, 2.45) is 5.92 Å². The number of amides is 1. The lowest BCUT2D eigenvalue weighted by Crippen LogP contribution is -2.49. The zero-order valence-corrected chi connectivity index (χ0v) is 17.8. The van der Waals surface area contributed by atoms with E-state index < -0.39 is 23.9 Å². The second kappa shape index (κ2) is 9.34. The van der Waals surface area contributed by atoms with Crippen LogP contribution in [0.1, 0.15) is 31.7 Å². The first-order chi connectivity index (χ1) is 14.5. The third-order valence-corrected chi connectivity index (χ3v) is 5.50. The molecule has 0 saturated carbocycles. The van der Waals surface area contributed by atoms with Gasteiger partial charge in [-0.05, 0) is 31.5 Å². The monoisotopic (exact) mass is 420 g/mol. The van der Waals surface area contributed by atoms with Gasteiger partial charge in [-0.2, -0.15) is 0 Å². The molecule has 2 saturated heterocycles. The van der Waals surface area contributed by atoms with Crippen LogP contribution in [0.5, 0.6) is 11.5 Å². The van der Waals surface area contributed by atoms with E-state index in [0.717, 1.165) is 5.56 Å². The molecule has 0 aromatic heterocycles. The van der Waals surface area contributed by atoms with E-state index in [1.807, 2.05) is 17.1 Å². The highest BCUT2D eigenvalue weighted by Gasteiger charge is 2.55. The van der Waals surface area contributed by atoms with Crippen LogP contribution < -0.4 is 9.47 Å². The first kappa shape index (κ1) is 21.9. The summed E-state index contributed by atoms with van der Waals surface area (Å²) < 4.78 is 21.1. The van der Waals surface area contributed by atoms with E-state index in [4.69, 9.17) is 18.9 Å². The van der Waals surface area contributed by atoms with E-state index in [9.17, 15) is 14.4 Å². The van der Waals surface area contributed by atoms with Gasteiger partial charge in [-0.25, -0.2) is 5.01 Å². The van der Waals surface area contributed by atoms with Crippen molar-refractivity contribution in [1.29, 1.82) is 0 Å². The number of hydrogen-bond donors (Lipinski definition) is 0. The molecule has 9 nitrogen and oxygen atoms in total. The number of rotatable bonds is 8. The molecule has 2 aliphatic rings. The summed E-state index contributed by atoms with van der Waals surface area (Å²) in [6.45, 7) is 4.63. The fourth-order valence-electron chi connectivity index (χ4n) is 4.24. The first-order valence-electron chi connectivity index (χ1n) is 10.1. The molecular formula is C21H28N2O7. The van der Waals surface area contributed by atoms with E-state index in [0.29, 0.717) is 31.0 Å². The Morgan fingerprint density at radius 2 is 1.70 bits per heavy atom. The Kier molecular flexibility index (Phi) is 6.81. The van der Waals surface area contributed by atoms with Crippen molar-refractivity contribution in [3.63, 3.8) is 0 Å². The van der Waals surface area contributed by atoms with Crippen molar-refractivity contribution in [3.05, 3.63) is 23.8 Å². The molecule has 0 N–H and O–H groups in total. The highest BCUT2D eigenvalue weighted by atomic mass is 16.6. The maximum absolute atomic E-state index is 12.8. The van der Waals surface area contributed by atoms with Crippen LogP contribution >= 0.6 is 0 Å². The number of methoxy groups -OCH3 is 2. The van der Waals surface area contributed by atoms with Crippen LogP contribution in [-0.4, -0.2) is 74.4 Å². The van der Waals surface area contributed by atoms with Crippen molar-refractivity contribution >= 4 is 17.8 Å². The minimum Gasteiger partial charge on any atom is -0.493 e. The SMILES string of the molecule is CCOC(=O)C(C(=O)OCC)[C@@H]1[C@@H](c2ccc(OC)c(OC)c2)CN2CCC(=O)N12. The summed E-state index contributed by atoms with van der Waals surface area (Å²) in [6, 6.07) is 4.71. The average molecular weight is 420 g/mol. The molecule has 1 aromatic rings. The molecule has 0 spiro atoms. The van der Waals surface area contributed by atoms with Crippen molar-refractivity contribution in [2.45, 2.75) is 32.2 Å². The summed E-state index contributed by atoms with van der Waals surface area (Å²) in [7, 11) is 3.09. The fraction of sp³-hybridized carbons (Fsp3) is 0.571. The molecule has 164 valence electrons. The summed E-state index contributed by atoms with van der Waals surface area (Å²) in [5, 5.41) is 3.43. The summed E-state index contributed by atoms with van der Waals surface area (Å²) in [6.07, 6.45) is 0.341. The Bertz CT molecular complexity index is 795. The van der Waals surface area contributed by atoms with Gasteiger partial charge in [0.05, 0.1) is 33.5 Å². The highest BCUT2D eigenvalue weighted by molar-refractivity contribution is 5.97. The molecular weight excluding hydrogens is 392 g/mol. The Balaban J connectivity index is 2.06. The lowest BCUT2D eigenvalue weighted by Gasteiger charge is -2.31. The van der Waals surface area contributed by atoms with Gasteiger partial charge in [0.15, 0.2) is 17.4 Å². The van der Waals surface area contributed by atoms with Crippen molar-refractivity contribution < 1.29 is 33.3 Å². The zero-order valence-electron chi connectivity index (χ0n) is 17.8. The number of fused-ring (bicyclic) bond motifs is 1. The van der Waals surface area contributed by atoms with Crippen LogP contribution in [0.25, 0.3) is 0 Å². The van der Waals surface area contributed by atoms with Gasteiger partial charge in [0.2, 0.25) is 5.91 Å². The first-order valence-corrected chi connectivity index (χ1v) is 10.1. The summed E-state index contributed by atoms with van der Waals surface area (Å²) >= 11 is 0. The molecule has 0 aliphatic carbocycles. The number of carbonyl (C=O) groups is 3. The van der Waals surface area contributed by atoms with Gasteiger partial charge < -0.3 is 18.9 Å². The van der Waals surface area contributed by atoms with Crippen molar-refractivity contribution in [1.82, 2.24) is 10.0 Å². The van der Waals surface area contributed by atoms with Crippen LogP contribution in [-0.2, 0) is 23.9 Å². The van der Waals surface area contributed by atoms with Crippen molar-refractivity contribution in [3.8, 4) is 11.5 Å². The fourth-order valence-corrected chi connectivity index (χ4v) is 4.24. The average Bonchev–Trinajstić information content (AvgIpc) is 3.28. The number of hydrazine groups is 1. The normalized spacial score (nSPS) is 21.0. The Morgan fingerprint density at radius 1 is 1.07 bits per heavy atom. The van der Waals surface area contributed by atoms with Gasteiger partial charge in [0.25, 0.3) is 0 Å². The molecule has 2 aliphatic heterocycles. The number of carbonyl (C=O) groups excluding carboxylic acids is 3. The minimum atomic E-state index is -1.24. The number of nitrogens with zero attached hydrogens (tertiary/aromatic N) is 2. The largest absolute Gasteiger partial charge is 0.493 e. The molecule has 1 amide bonds. The minimum absolute atomic E-state index is 0.124.